The highest BCUT2D eigenvalue weighted by Crippen LogP contribution is 2.42. The molecule has 2 N–H and O–H groups in total. The highest BCUT2D eigenvalue weighted by molar-refractivity contribution is 5.53. The van der Waals surface area contributed by atoms with Gasteiger partial charge < -0.3 is 15.4 Å². The maximum absolute atomic E-state index is 6.56. The van der Waals surface area contributed by atoms with Crippen molar-refractivity contribution in [2.45, 2.75) is 64.5 Å². The van der Waals surface area contributed by atoms with E-state index in [9.17, 15) is 0 Å². The lowest BCUT2D eigenvalue weighted by atomic mass is 9.95. The van der Waals surface area contributed by atoms with Gasteiger partial charge in [0, 0.05) is 30.0 Å². The Morgan fingerprint density at radius 1 is 1.17 bits per heavy atom. The SMILES string of the molecule is C=CN(/C=C\C)c1ccc(OC2c3ccccc3C[C@H]2CCCCC(N)CC)cc1. The normalized spacial score (nSPS) is 18.9. The Morgan fingerprint density at radius 2 is 1.93 bits per heavy atom. The second kappa shape index (κ2) is 11.0. The molecule has 2 aromatic rings. The van der Waals surface area contributed by atoms with Crippen LogP contribution in [0.25, 0.3) is 0 Å². The summed E-state index contributed by atoms with van der Waals surface area (Å²) in [5, 5.41) is 0. The first kappa shape index (κ1) is 22.2. The van der Waals surface area contributed by atoms with Crippen LogP contribution in [-0.4, -0.2) is 6.04 Å². The fourth-order valence-electron chi connectivity index (χ4n) is 4.33. The van der Waals surface area contributed by atoms with Crippen molar-refractivity contribution in [1.29, 1.82) is 0 Å². The van der Waals surface area contributed by atoms with Gasteiger partial charge in [-0.15, -0.1) is 0 Å². The van der Waals surface area contributed by atoms with E-state index in [1.54, 1.807) is 0 Å². The van der Waals surface area contributed by atoms with E-state index in [4.69, 9.17) is 10.5 Å². The Labute approximate surface area is 182 Å². The second-order valence-corrected chi connectivity index (χ2v) is 8.22. The number of rotatable bonds is 11. The van der Waals surface area contributed by atoms with Gasteiger partial charge in [0.15, 0.2) is 0 Å². The van der Waals surface area contributed by atoms with Crippen molar-refractivity contribution in [3.63, 3.8) is 0 Å². The summed E-state index contributed by atoms with van der Waals surface area (Å²) in [4.78, 5) is 2.00. The van der Waals surface area contributed by atoms with Gasteiger partial charge in [-0.25, -0.2) is 0 Å². The molecular weight excluding hydrogens is 368 g/mol. The molecule has 0 spiro atoms. The highest BCUT2D eigenvalue weighted by atomic mass is 16.5. The third kappa shape index (κ3) is 5.54. The molecule has 3 atom stereocenters. The molecule has 1 aliphatic carbocycles. The Hall–Kier alpha value is -2.52. The first-order chi connectivity index (χ1) is 14.7. The van der Waals surface area contributed by atoms with Gasteiger partial charge in [0.1, 0.15) is 11.9 Å². The molecule has 2 aromatic carbocycles. The summed E-state index contributed by atoms with van der Waals surface area (Å²) >= 11 is 0. The Kier molecular flexibility index (Phi) is 8.15. The molecule has 1 aliphatic rings. The van der Waals surface area contributed by atoms with Gasteiger partial charge >= 0.3 is 0 Å². The predicted molar refractivity (Wildman–Crippen MR) is 128 cm³/mol. The quantitative estimate of drug-likeness (QED) is 0.420. The summed E-state index contributed by atoms with van der Waals surface area (Å²) in [5.74, 6) is 1.44. The van der Waals surface area contributed by atoms with E-state index in [1.807, 2.05) is 30.3 Å². The van der Waals surface area contributed by atoms with E-state index < -0.39 is 0 Å². The molecule has 0 aromatic heterocycles. The number of nitrogens with zero attached hydrogens (tertiary/aromatic N) is 1. The van der Waals surface area contributed by atoms with E-state index in [0.717, 1.165) is 30.7 Å². The topological polar surface area (TPSA) is 38.5 Å². The summed E-state index contributed by atoms with van der Waals surface area (Å²) < 4.78 is 6.56. The van der Waals surface area contributed by atoms with Crippen molar-refractivity contribution in [1.82, 2.24) is 0 Å². The lowest BCUT2D eigenvalue weighted by Crippen LogP contribution is -2.18. The van der Waals surface area contributed by atoms with Crippen LogP contribution >= 0.6 is 0 Å². The van der Waals surface area contributed by atoms with Crippen LogP contribution in [0.15, 0.2) is 73.6 Å². The summed E-state index contributed by atoms with van der Waals surface area (Å²) in [6.07, 6.45) is 12.8. The number of hydrogen-bond acceptors (Lipinski definition) is 3. The van der Waals surface area contributed by atoms with Gasteiger partial charge in [0.2, 0.25) is 0 Å². The van der Waals surface area contributed by atoms with Gasteiger partial charge in [-0.05, 0) is 68.0 Å². The lowest BCUT2D eigenvalue weighted by molar-refractivity contribution is 0.141. The van der Waals surface area contributed by atoms with E-state index in [-0.39, 0.29) is 6.10 Å². The Morgan fingerprint density at radius 3 is 2.63 bits per heavy atom. The molecule has 2 unspecified atom stereocenters. The van der Waals surface area contributed by atoms with Gasteiger partial charge in [-0.3, -0.25) is 0 Å². The minimum atomic E-state index is 0.123. The fraction of sp³-hybridized carbons (Fsp3) is 0.407. The van der Waals surface area contributed by atoms with Crippen LogP contribution in [0.5, 0.6) is 5.75 Å². The molecule has 0 saturated heterocycles. The zero-order valence-electron chi connectivity index (χ0n) is 18.5. The number of fused-ring (bicyclic) bond motifs is 1. The van der Waals surface area contributed by atoms with Gasteiger partial charge in [0.05, 0.1) is 0 Å². The number of hydrogen-bond donors (Lipinski definition) is 1. The zero-order valence-corrected chi connectivity index (χ0v) is 18.5. The number of unbranched alkanes of at least 4 members (excludes halogenated alkanes) is 1. The molecule has 3 nitrogen and oxygen atoms in total. The largest absolute Gasteiger partial charge is 0.485 e. The van der Waals surface area contributed by atoms with Crippen molar-refractivity contribution in [2.75, 3.05) is 4.90 Å². The fourth-order valence-corrected chi connectivity index (χ4v) is 4.33. The van der Waals surface area contributed by atoms with Crippen LogP contribution in [0.3, 0.4) is 0 Å². The van der Waals surface area contributed by atoms with Crippen LogP contribution in [0.4, 0.5) is 5.69 Å². The molecule has 0 saturated carbocycles. The van der Waals surface area contributed by atoms with Crippen LogP contribution in [0.2, 0.25) is 0 Å². The highest BCUT2D eigenvalue weighted by Gasteiger charge is 2.33. The smallest absolute Gasteiger partial charge is 0.127 e. The average molecular weight is 405 g/mol. The standard InChI is InChI=1S/C27H36N2O/c1-4-19-29(6-3)24-15-17-25(18-16-24)30-27-22(12-7-9-13-23(28)5-2)20-21-11-8-10-14-26(21)27/h4,6,8,10-11,14-19,22-23,27H,3,5,7,9,12-13,20,28H2,1-2H3/b19-4-/t22-,23?,27?/m1/s1. The van der Waals surface area contributed by atoms with Crippen molar-refractivity contribution < 1.29 is 4.74 Å². The zero-order chi connectivity index (χ0) is 21.3. The Balaban J connectivity index is 1.68. The molecule has 0 fully saturated rings. The summed E-state index contributed by atoms with van der Waals surface area (Å²) in [6, 6.07) is 17.4. The molecule has 30 heavy (non-hydrogen) atoms. The monoisotopic (exact) mass is 404 g/mol. The molecule has 160 valence electrons. The molecule has 0 aliphatic heterocycles. The summed E-state index contributed by atoms with van der Waals surface area (Å²) in [6.45, 7) is 8.05. The molecular formula is C27H36N2O. The number of anilines is 1. The van der Waals surface area contributed by atoms with Gasteiger partial charge in [-0.1, -0.05) is 56.7 Å². The molecule has 3 heteroatoms. The minimum absolute atomic E-state index is 0.123. The van der Waals surface area contributed by atoms with E-state index >= 15 is 0 Å². The van der Waals surface area contributed by atoms with Crippen molar-refractivity contribution in [3.8, 4) is 5.75 Å². The number of benzene rings is 2. The summed E-state index contributed by atoms with van der Waals surface area (Å²) in [7, 11) is 0. The molecule has 3 rings (SSSR count). The van der Waals surface area contributed by atoms with Crippen molar-refractivity contribution >= 4 is 5.69 Å². The summed E-state index contributed by atoms with van der Waals surface area (Å²) in [5.41, 5.74) is 9.94. The van der Waals surface area contributed by atoms with Crippen molar-refractivity contribution in [3.05, 3.63) is 84.7 Å². The average Bonchev–Trinajstić information content (AvgIpc) is 3.12. The number of ether oxygens (including phenoxy) is 1. The third-order valence-corrected chi connectivity index (χ3v) is 6.10. The molecule has 0 bridgehead atoms. The van der Waals surface area contributed by atoms with Crippen LogP contribution in [0, 0.1) is 5.92 Å². The van der Waals surface area contributed by atoms with Gasteiger partial charge in [-0.2, -0.15) is 0 Å². The second-order valence-electron chi connectivity index (χ2n) is 8.22. The Bertz CT molecular complexity index is 827. The van der Waals surface area contributed by atoms with Gasteiger partial charge in [0.25, 0.3) is 0 Å². The maximum Gasteiger partial charge on any atom is 0.127 e. The van der Waals surface area contributed by atoms with E-state index in [2.05, 4.69) is 62.0 Å². The van der Waals surface area contributed by atoms with Crippen LogP contribution < -0.4 is 15.4 Å². The lowest BCUT2D eigenvalue weighted by Gasteiger charge is -2.23. The first-order valence-electron chi connectivity index (χ1n) is 11.3. The van der Waals surface area contributed by atoms with Crippen LogP contribution in [0.1, 0.15) is 63.2 Å². The minimum Gasteiger partial charge on any atom is -0.485 e. The van der Waals surface area contributed by atoms with Crippen molar-refractivity contribution in [2.24, 2.45) is 11.7 Å². The molecule has 0 amide bonds. The van der Waals surface area contributed by atoms with E-state index in [1.165, 1.54) is 30.4 Å². The van der Waals surface area contributed by atoms with Crippen LogP contribution in [-0.2, 0) is 6.42 Å². The number of nitrogens with two attached hydrogens (primary N) is 1. The van der Waals surface area contributed by atoms with E-state index in [0.29, 0.717) is 12.0 Å². The maximum atomic E-state index is 6.56. The number of allylic oxidation sites excluding steroid dienone is 1. The predicted octanol–water partition coefficient (Wildman–Crippen LogP) is 6.76. The first-order valence-corrected chi connectivity index (χ1v) is 11.3. The third-order valence-electron chi connectivity index (χ3n) is 6.10. The molecule has 0 radical (unpaired) electrons. The molecule has 0 heterocycles.